The third kappa shape index (κ3) is 1.52. The van der Waals surface area contributed by atoms with Crippen LogP contribution in [0.1, 0.15) is 28.0 Å². The third-order valence-corrected chi connectivity index (χ3v) is 3.83. The van der Waals surface area contributed by atoms with E-state index in [0.717, 1.165) is 24.5 Å². The molecule has 0 fully saturated rings. The molecule has 2 nitrogen and oxygen atoms in total. The summed E-state index contributed by atoms with van der Waals surface area (Å²) in [7, 11) is 0. The molecule has 2 aromatic heterocycles. The molecule has 1 N–H and O–H groups in total. The van der Waals surface area contributed by atoms with E-state index >= 15 is 0 Å². The molecule has 3 rings (SSSR count). The van der Waals surface area contributed by atoms with Gasteiger partial charge in [-0.25, -0.2) is 0 Å². The maximum Gasteiger partial charge on any atom is 0.125 e. The summed E-state index contributed by atoms with van der Waals surface area (Å²) in [6, 6.07) is 6.56. The molecule has 1 unspecified atom stereocenters. The van der Waals surface area contributed by atoms with Gasteiger partial charge in [0.2, 0.25) is 0 Å². The van der Waals surface area contributed by atoms with Crippen molar-refractivity contribution in [3.05, 3.63) is 45.5 Å². The van der Waals surface area contributed by atoms with Gasteiger partial charge in [0.25, 0.3) is 0 Å². The van der Waals surface area contributed by atoms with Crippen LogP contribution in [0.15, 0.2) is 28.0 Å². The van der Waals surface area contributed by atoms with E-state index in [2.05, 4.69) is 22.8 Å². The second kappa shape index (κ2) is 3.51. The van der Waals surface area contributed by atoms with E-state index in [9.17, 15) is 0 Å². The summed E-state index contributed by atoms with van der Waals surface area (Å²) in [6.07, 6.45) is 1.14. The predicted molar refractivity (Wildman–Crippen MR) is 61.3 cm³/mol. The molecular formula is C12H13NOS. The Morgan fingerprint density at radius 3 is 3.13 bits per heavy atom. The SMILES string of the molecule is Cc1ccc(C2NCCc3sccc32)o1. The van der Waals surface area contributed by atoms with Gasteiger partial charge in [-0.15, -0.1) is 11.3 Å². The molecule has 3 heterocycles. The summed E-state index contributed by atoms with van der Waals surface area (Å²) < 4.78 is 5.69. The van der Waals surface area contributed by atoms with E-state index in [4.69, 9.17) is 4.42 Å². The minimum absolute atomic E-state index is 0.258. The fraction of sp³-hybridized carbons (Fsp3) is 0.333. The predicted octanol–water partition coefficient (Wildman–Crippen LogP) is 2.88. The molecule has 0 aromatic carbocycles. The van der Waals surface area contributed by atoms with E-state index in [1.807, 2.05) is 24.3 Å². The van der Waals surface area contributed by atoms with Gasteiger partial charge in [-0.2, -0.15) is 0 Å². The standard InChI is InChI=1S/C12H13NOS/c1-8-2-3-10(14-8)12-9-5-7-15-11(9)4-6-13-12/h2-3,5,7,12-13H,4,6H2,1H3. The lowest BCUT2D eigenvalue weighted by Crippen LogP contribution is -2.29. The molecule has 0 radical (unpaired) electrons. The molecular weight excluding hydrogens is 206 g/mol. The Hall–Kier alpha value is -1.06. The summed E-state index contributed by atoms with van der Waals surface area (Å²) in [5, 5.41) is 5.67. The lowest BCUT2D eigenvalue weighted by Gasteiger charge is -2.22. The van der Waals surface area contributed by atoms with Gasteiger partial charge in [0.1, 0.15) is 11.5 Å². The highest BCUT2D eigenvalue weighted by Crippen LogP contribution is 2.32. The van der Waals surface area contributed by atoms with Gasteiger partial charge >= 0.3 is 0 Å². The molecule has 0 saturated carbocycles. The van der Waals surface area contributed by atoms with Gasteiger partial charge in [0, 0.05) is 11.4 Å². The van der Waals surface area contributed by atoms with E-state index in [0.29, 0.717) is 0 Å². The first-order chi connectivity index (χ1) is 7.34. The van der Waals surface area contributed by atoms with Gasteiger partial charge in [0.15, 0.2) is 0 Å². The van der Waals surface area contributed by atoms with Crippen molar-refractivity contribution in [2.24, 2.45) is 0 Å². The van der Waals surface area contributed by atoms with Crippen LogP contribution in [0.2, 0.25) is 0 Å². The number of thiophene rings is 1. The molecule has 1 atom stereocenters. The van der Waals surface area contributed by atoms with Crippen molar-refractivity contribution in [3.8, 4) is 0 Å². The quantitative estimate of drug-likeness (QED) is 0.797. The van der Waals surface area contributed by atoms with Crippen LogP contribution in [0.3, 0.4) is 0 Å². The van der Waals surface area contributed by atoms with Gasteiger partial charge in [0.05, 0.1) is 6.04 Å². The van der Waals surface area contributed by atoms with Crippen LogP contribution in [0.4, 0.5) is 0 Å². The normalized spacial score (nSPS) is 20.2. The molecule has 0 spiro atoms. The fourth-order valence-corrected chi connectivity index (χ4v) is 3.03. The smallest absolute Gasteiger partial charge is 0.125 e. The van der Waals surface area contributed by atoms with Crippen LogP contribution in [0, 0.1) is 6.92 Å². The number of aryl methyl sites for hydroxylation is 1. The Bertz CT molecular complexity index is 471. The summed E-state index contributed by atoms with van der Waals surface area (Å²) in [6.45, 7) is 3.03. The van der Waals surface area contributed by atoms with E-state index in [1.165, 1.54) is 10.4 Å². The monoisotopic (exact) mass is 219 g/mol. The lowest BCUT2D eigenvalue weighted by molar-refractivity contribution is 0.423. The summed E-state index contributed by atoms with van der Waals surface area (Å²) >= 11 is 1.85. The zero-order chi connectivity index (χ0) is 10.3. The Kier molecular flexibility index (Phi) is 2.15. The topological polar surface area (TPSA) is 25.2 Å². The highest BCUT2D eigenvalue weighted by atomic mass is 32.1. The average molecular weight is 219 g/mol. The number of rotatable bonds is 1. The molecule has 3 heteroatoms. The van der Waals surface area contributed by atoms with Gasteiger partial charge in [-0.1, -0.05) is 0 Å². The van der Waals surface area contributed by atoms with E-state index in [-0.39, 0.29) is 6.04 Å². The first kappa shape index (κ1) is 9.19. The highest BCUT2D eigenvalue weighted by molar-refractivity contribution is 7.10. The maximum absolute atomic E-state index is 5.69. The summed E-state index contributed by atoms with van der Waals surface area (Å²) in [5.74, 6) is 2.01. The van der Waals surface area contributed by atoms with Gasteiger partial charge in [-0.3, -0.25) is 0 Å². The van der Waals surface area contributed by atoms with Crippen molar-refractivity contribution in [2.45, 2.75) is 19.4 Å². The zero-order valence-electron chi connectivity index (χ0n) is 8.62. The molecule has 15 heavy (non-hydrogen) atoms. The van der Waals surface area contributed by atoms with E-state index < -0.39 is 0 Å². The molecule has 2 aromatic rings. The van der Waals surface area contributed by atoms with Crippen molar-refractivity contribution in [1.29, 1.82) is 0 Å². The minimum Gasteiger partial charge on any atom is -0.464 e. The van der Waals surface area contributed by atoms with Crippen molar-refractivity contribution >= 4 is 11.3 Å². The maximum atomic E-state index is 5.69. The number of furan rings is 1. The van der Waals surface area contributed by atoms with Crippen LogP contribution in [-0.4, -0.2) is 6.54 Å². The first-order valence-corrected chi connectivity index (χ1v) is 6.08. The fourth-order valence-electron chi connectivity index (χ4n) is 2.11. The molecule has 1 aliphatic heterocycles. The molecule has 78 valence electrons. The molecule has 0 amide bonds. The van der Waals surface area contributed by atoms with Crippen molar-refractivity contribution in [1.82, 2.24) is 5.32 Å². The molecule has 0 saturated heterocycles. The largest absolute Gasteiger partial charge is 0.464 e. The third-order valence-electron chi connectivity index (χ3n) is 2.84. The van der Waals surface area contributed by atoms with Crippen LogP contribution < -0.4 is 5.32 Å². The Balaban J connectivity index is 2.02. The minimum atomic E-state index is 0.258. The Labute approximate surface area is 92.9 Å². The summed E-state index contributed by atoms with van der Waals surface area (Å²) in [5.41, 5.74) is 1.39. The molecule has 0 bridgehead atoms. The van der Waals surface area contributed by atoms with Crippen molar-refractivity contribution < 1.29 is 4.42 Å². The second-order valence-electron chi connectivity index (χ2n) is 3.88. The lowest BCUT2D eigenvalue weighted by atomic mass is 10.0. The van der Waals surface area contributed by atoms with Crippen LogP contribution in [0.25, 0.3) is 0 Å². The van der Waals surface area contributed by atoms with E-state index in [1.54, 1.807) is 0 Å². The summed E-state index contributed by atoms with van der Waals surface area (Å²) in [4.78, 5) is 1.49. The van der Waals surface area contributed by atoms with Crippen LogP contribution >= 0.6 is 11.3 Å². The van der Waals surface area contributed by atoms with Crippen LogP contribution in [-0.2, 0) is 6.42 Å². The average Bonchev–Trinajstić information content (AvgIpc) is 2.84. The Morgan fingerprint density at radius 2 is 2.33 bits per heavy atom. The van der Waals surface area contributed by atoms with Crippen molar-refractivity contribution in [2.75, 3.05) is 6.54 Å². The Morgan fingerprint density at radius 1 is 1.40 bits per heavy atom. The number of nitrogens with one attached hydrogen (secondary N) is 1. The molecule has 1 aliphatic rings. The molecule has 0 aliphatic carbocycles. The first-order valence-electron chi connectivity index (χ1n) is 5.20. The van der Waals surface area contributed by atoms with Crippen LogP contribution in [0.5, 0.6) is 0 Å². The second-order valence-corrected chi connectivity index (χ2v) is 4.89. The van der Waals surface area contributed by atoms with Crippen molar-refractivity contribution in [3.63, 3.8) is 0 Å². The number of fused-ring (bicyclic) bond motifs is 1. The number of hydrogen-bond donors (Lipinski definition) is 1. The zero-order valence-corrected chi connectivity index (χ0v) is 9.43. The number of hydrogen-bond acceptors (Lipinski definition) is 3. The highest BCUT2D eigenvalue weighted by Gasteiger charge is 2.24. The van der Waals surface area contributed by atoms with Gasteiger partial charge in [-0.05, 0) is 42.5 Å². The van der Waals surface area contributed by atoms with Gasteiger partial charge < -0.3 is 9.73 Å².